The molecule has 1 aromatic rings. The van der Waals surface area contributed by atoms with Gasteiger partial charge in [0.15, 0.2) is 5.60 Å². The molecule has 5 rings (SSSR count). The van der Waals surface area contributed by atoms with Gasteiger partial charge in [-0.1, -0.05) is 20.8 Å². The van der Waals surface area contributed by atoms with Crippen molar-refractivity contribution in [3.8, 4) is 11.5 Å². The van der Waals surface area contributed by atoms with Gasteiger partial charge in [-0.15, -0.1) is 0 Å². The maximum Gasteiger partial charge on any atom is 0.254 e. The number of phenols is 1. The molecule has 1 aliphatic heterocycles. The third-order valence-electron chi connectivity index (χ3n) is 10.2. The summed E-state index contributed by atoms with van der Waals surface area (Å²) in [5, 5.41) is 54.2. The number of aliphatic hydroxyl groups excluding tert-OH is 2. The molecular weight excluding hydrogens is 552 g/mol. The van der Waals surface area contributed by atoms with Crippen LogP contribution in [0.1, 0.15) is 56.7 Å². The second kappa shape index (κ2) is 10.6. The van der Waals surface area contributed by atoms with E-state index in [1.165, 1.54) is 0 Å². The predicted octanol–water partition coefficient (Wildman–Crippen LogP) is 2.68. The van der Waals surface area contributed by atoms with Gasteiger partial charge in [0.1, 0.15) is 28.6 Å². The molecule has 0 bridgehead atoms. The normalized spacial score (nSPS) is 28.6. The van der Waals surface area contributed by atoms with Crippen LogP contribution in [0, 0.1) is 28.6 Å². The lowest BCUT2D eigenvalue weighted by Crippen LogP contribution is -2.67. The minimum absolute atomic E-state index is 0.0636. The molecule has 11 nitrogen and oxygen atoms in total. The monoisotopic (exact) mass is 596 g/mol. The predicted molar refractivity (Wildman–Crippen MR) is 161 cm³/mol. The number of ether oxygens (including phenoxy) is 1. The van der Waals surface area contributed by atoms with Crippen LogP contribution in [0.25, 0.3) is 5.76 Å². The first kappa shape index (κ1) is 31.0. The number of nitrogens with one attached hydrogen (secondary N) is 1. The summed E-state index contributed by atoms with van der Waals surface area (Å²) >= 11 is 0. The Balaban J connectivity index is 1.55. The number of carbonyl (C=O) groups excluding carboxylic acids is 2. The smallest absolute Gasteiger partial charge is 0.254 e. The topological polar surface area (TPSA) is 181 Å². The molecule has 7 N–H and O–H groups in total. The lowest BCUT2D eigenvalue weighted by Gasteiger charge is -2.51. The number of ketones is 1. The summed E-state index contributed by atoms with van der Waals surface area (Å²) in [6.45, 7) is 9.20. The Kier molecular flexibility index (Phi) is 7.68. The summed E-state index contributed by atoms with van der Waals surface area (Å²) in [4.78, 5) is 30.2. The molecule has 0 unspecified atom stereocenters. The number of primary amides is 1. The lowest BCUT2D eigenvalue weighted by atomic mass is 9.56. The molecule has 3 aliphatic carbocycles. The SMILES string of the molecule is COc1c(CN2CCC(C(C)(C)C)CC2)cc(O)c2c1C[C@H]1C[C@H]3[C@H](N(C)C)C(O)=C(C(N)=O)C(=N)[C@@]3(O)C(=O)C1=C2O. The van der Waals surface area contributed by atoms with Gasteiger partial charge < -0.3 is 36.3 Å². The second-order valence-electron chi connectivity index (χ2n) is 13.9. The number of phenolic OH excluding ortho intramolecular Hbond substituents is 1. The molecule has 234 valence electrons. The van der Waals surface area contributed by atoms with Gasteiger partial charge in [0.25, 0.3) is 5.91 Å². The number of carbonyl (C=O) groups is 2. The fourth-order valence-corrected chi connectivity index (χ4v) is 7.98. The van der Waals surface area contributed by atoms with Gasteiger partial charge in [-0.3, -0.25) is 19.4 Å². The molecule has 4 atom stereocenters. The van der Waals surface area contributed by atoms with Crippen molar-refractivity contribution >= 4 is 23.2 Å². The highest BCUT2D eigenvalue weighted by molar-refractivity contribution is 6.33. The third-order valence-corrected chi connectivity index (χ3v) is 10.2. The standard InChI is InChI=1S/C32H44N4O7/c1-31(2,3)17-7-9-36(10-8-17)14-16-13-20(37)22-18(27(16)43-6)11-15-12-19-24(35(4)5)26(39)23(30(34)41)28(33)32(19,42)29(40)21(15)25(22)38/h13,15,17,19,24,33,37-39,42H,7-12,14H2,1-6H3,(H2,34,41)/t15-,19-,24-,32+/m0/s1. The number of aromatic hydroxyl groups is 1. The molecular formula is C32H44N4O7. The maximum absolute atomic E-state index is 14.1. The van der Waals surface area contributed by atoms with Crippen molar-refractivity contribution in [3.05, 3.63) is 39.7 Å². The number of hydrogen-bond acceptors (Lipinski definition) is 10. The molecule has 43 heavy (non-hydrogen) atoms. The Bertz CT molecular complexity index is 1450. The van der Waals surface area contributed by atoms with E-state index >= 15 is 0 Å². The Labute approximate surface area is 252 Å². The average molecular weight is 597 g/mol. The molecule has 1 amide bonds. The van der Waals surface area contributed by atoms with Crippen molar-refractivity contribution in [2.24, 2.45) is 28.9 Å². The van der Waals surface area contributed by atoms with Crippen molar-refractivity contribution in [1.82, 2.24) is 9.80 Å². The number of likely N-dealkylation sites (tertiary alicyclic amines) is 1. The summed E-state index contributed by atoms with van der Waals surface area (Å²) < 4.78 is 5.88. The lowest BCUT2D eigenvalue weighted by molar-refractivity contribution is -0.138. The van der Waals surface area contributed by atoms with Crippen molar-refractivity contribution in [3.63, 3.8) is 0 Å². The van der Waals surface area contributed by atoms with Crippen LogP contribution >= 0.6 is 0 Å². The van der Waals surface area contributed by atoms with E-state index in [1.54, 1.807) is 32.2 Å². The molecule has 4 aliphatic rings. The van der Waals surface area contributed by atoms with Gasteiger partial charge in [0.05, 0.1) is 24.4 Å². The van der Waals surface area contributed by atoms with Crippen molar-refractivity contribution in [2.75, 3.05) is 34.3 Å². The highest BCUT2D eigenvalue weighted by Crippen LogP contribution is 2.53. The van der Waals surface area contributed by atoms with Gasteiger partial charge in [0, 0.05) is 29.2 Å². The van der Waals surface area contributed by atoms with E-state index in [-0.39, 0.29) is 35.1 Å². The van der Waals surface area contributed by atoms with E-state index in [9.17, 15) is 30.0 Å². The Morgan fingerprint density at radius 2 is 1.84 bits per heavy atom. The molecule has 1 saturated heterocycles. The number of fused-ring (bicyclic) bond motifs is 3. The van der Waals surface area contributed by atoms with E-state index in [0.717, 1.165) is 31.5 Å². The van der Waals surface area contributed by atoms with Gasteiger partial charge in [-0.2, -0.15) is 0 Å². The zero-order chi connectivity index (χ0) is 31.8. The van der Waals surface area contributed by atoms with Crippen molar-refractivity contribution in [1.29, 1.82) is 5.41 Å². The number of amides is 1. The molecule has 1 aromatic carbocycles. The number of benzene rings is 1. The fourth-order valence-electron chi connectivity index (χ4n) is 7.98. The summed E-state index contributed by atoms with van der Waals surface area (Å²) in [6.07, 6.45) is 2.48. The Morgan fingerprint density at radius 3 is 2.37 bits per heavy atom. The number of Topliss-reactive ketones (excluding diaryl/α,β-unsaturated/α-hetero) is 1. The first-order chi connectivity index (χ1) is 20.0. The first-order valence-electron chi connectivity index (χ1n) is 14.9. The molecule has 11 heteroatoms. The highest BCUT2D eigenvalue weighted by atomic mass is 16.5. The van der Waals surface area contributed by atoms with Crippen LogP contribution in [0.3, 0.4) is 0 Å². The number of nitrogens with two attached hydrogens (primary N) is 1. The van der Waals surface area contributed by atoms with E-state index < -0.39 is 58.0 Å². The quantitative estimate of drug-likeness (QED) is 0.298. The van der Waals surface area contributed by atoms with Gasteiger partial charge in [0.2, 0.25) is 5.78 Å². The molecule has 0 radical (unpaired) electrons. The van der Waals surface area contributed by atoms with Crippen LogP contribution in [0.5, 0.6) is 11.5 Å². The summed E-state index contributed by atoms with van der Waals surface area (Å²) in [7, 11) is 4.81. The van der Waals surface area contributed by atoms with E-state index in [2.05, 4.69) is 25.7 Å². The zero-order valence-electron chi connectivity index (χ0n) is 25.8. The minimum Gasteiger partial charge on any atom is -0.510 e. The molecule has 0 spiro atoms. The number of rotatable bonds is 5. The number of likely N-dealkylation sites (N-methyl/N-ethyl adjacent to an activating group) is 1. The zero-order valence-corrected chi connectivity index (χ0v) is 25.8. The summed E-state index contributed by atoms with van der Waals surface area (Å²) in [5.74, 6) is -3.67. The average Bonchev–Trinajstić information content (AvgIpc) is 2.90. The number of piperidine rings is 1. The summed E-state index contributed by atoms with van der Waals surface area (Å²) in [5.41, 5.74) is 3.09. The number of methoxy groups -OCH3 is 1. The molecule has 1 heterocycles. The van der Waals surface area contributed by atoms with Gasteiger partial charge in [-0.25, -0.2) is 0 Å². The van der Waals surface area contributed by atoms with Crippen molar-refractivity contribution in [2.45, 2.75) is 64.6 Å². The largest absolute Gasteiger partial charge is 0.510 e. The van der Waals surface area contributed by atoms with E-state index in [0.29, 0.717) is 23.8 Å². The van der Waals surface area contributed by atoms with Crippen LogP contribution in [-0.4, -0.2) is 93.6 Å². The van der Waals surface area contributed by atoms with E-state index in [1.807, 2.05) is 0 Å². The van der Waals surface area contributed by atoms with Gasteiger partial charge in [-0.05, 0) is 76.2 Å². The third kappa shape index (κ3) is 4.72. The first-order valence-corrected chi connectivity index (χ1v) is 14.9. The number of nitrogens with zero attached hydrogens (tertiary/aromatic N) is 2. The summed E-state index contributed by atoms with van der Waals surface area (Å²) in [6, 6.07) is 0.583. The highest BCUT2D eigenvalue weighted by Gasteiger charge is 2.63. The minimum atomic E-state index is -2.51. The molecule has 0 aromatic heterocycles. The molecule has 1 saturated carbocycles. The van der Waals surface area contributed by atoms with Crippen LogP contribution in [0.4, 0.5) is 0 Å². The van der Waals surface area contributed by atoms with Crippen LogP contribution in [0.15, 0.2) is 23.0 Å². The molecule has 2 fully saturated rings. The van der Waals surface area contributed by atoms with Crippen LogP contribution in [-0.2, 0) is 22.6 Å². The Hall–Kier alpha value is -3.41. The van der Waals surface area contributed by atoms with Crippen LogP contribution < -0.4 is 10.5 Å². The van der Waals surface area contributed by atoms with Crippen LogP contribution in [0.2, 0.25) is 0 Å². The number of hydrogen-bond donors (Lipinski definition) is 6. The maximum atomic E-state index is 14.1. The second-order valence-corrected chi connectivity index (χ2v) is 13.9. The van der Waals surface area contributed by atoms with Crippen molar-refractivity contribution < 1.29 is 34.8 Å². The number of aliphatic hydroxyl groups is 3. The van der Waals surface area contributed by atoms with E-state index in [4.69, 9.17) is 15.9 Å². The fraction of sp³-hybridized carbons (Fsp3) is 0.594. The Morgan fingerprint density at radius 1 is 1.21 bits per heavy atom. The van der Waals surface area contributed by atoms with Gasteiger partial charge >= 0.3 is 0 Å².